The molecule has 0 heterocycles. The maximum atomic E-state index is 8.93. The van der Waals surface area contributed by atoms with Crippen LogP contribution in [-0.4, -0.2) is 57.4 Å². The summed E-state index contributed by atoms with van der Waals surface area (Å²) in [4.78, 5) is 17.9. The molecule has 0 atom stereocenters. The summed E-state index contributed by atoms with van der Waals surface area (Å²) in [6.45, 7) is 0. The average molecular weight is 224 g/mol. The molecule has 0 spiro atoms. The van der Waals surface area contributed by atoms with Crippen molar-refractivity contribution in [1.29, 1.82) is 0 Å². The van der Waals surface area contributed by atoms with E-state index in [1.165, 1.54) is 0 Å². The van der Waals surface area contributed by atoms with Crippen molar-refractivity contribution in [1.82, 2.24) is 0 Å². The fourth-order valence-corrected chi connectivity index (χ4v) is 0. The largest absolute Gasteiger partial charge is 2.00 e. The predicted molar refractivity (Wildman–Crippen MR) is 15.8 cm³/mol. The van der Waals surface area contributed by atoms with Gasteiger partial charge in [0.05, 0.1) is 11.9 Å². The van der Waals surface area contributed by atoms with Gasteiger partial charge in [-0.3, -0.25) is 0 Å². The molecule has 8 heavy (non-hydrogen) atoms. The Bertz CT molecular complexity index is 80.0. The van der Waals surface area contributed by atoms with Crippen molar-refractivity contribution < 1.29 is 41.5 Å². The van der Waals surface area contributed by atoms with Crippen LogP contribution in [0.4, 0.5) is 0 Å². The van der Waals surface area contributed by atoms with Crippen LogP contribution >= 0.6 is 0 Å². The van der Waals surface area contributed by atoms with Crippen LogP contribution in [0.25, 0.3) is 0 Å². The van der Waals surface area contributed by atoms with Gasteiger partial charge in [-0.2, -0.15) is 0 Å². The van der Waals surface area contributed by atoms with Crippen molar-refractivity contribution in [3.63, 3.8) is 0 Å². The minimum Gasteiger partial charge on any atom is -0.543 e. The zero-order chi connectivity index (χ0) is 5.15. The molecular weight excluding hydrogens is 224 g/mol. The van der Waals surface area contributed by atoms with Crippen LogP contribution < -0.4 is 10.2 Å². The first-order valence-electron chi connectivity index (χ1n) is 1.07. The Morgan fingerprint density at radius 2 is 1.12 bits per heavy atom. The van der Waals surface area contributed by atoms with E-state index in [0.717, 1.165) is 0 Å². The maximum Gasteiger partial charge on any atom is 2.00 e. The van der Waals surface area contributed by atoms with Crippen LogP contribution in [0.15, 0.2) is 0 Å². The number of hydrogen-bond acceptors (Lipinski definition) is 4. The van der Waals surface area contributed by atoms with E-state index in [9.17, 15) is 0 Å². The molecule has 0 N–H and O–H groups in total. The number of carboxylic acid groups (broad SMARTS) is 2. The van der Waals surface area contributed by atoms with Crippen LogP contribution in [0, 0.1) is 0 Å². The summed E-state index contributed by atoms with van der Waals surface area (Å²) in [6.07, 6.45) is 0. The Hall–Kier alpha value is 1.13. The summed E-state index contributed by atoms with van der Waals surface area (Å²) >= 11 is 0. The minimum atomic E-state index is -2.19. The molecule has 4 nitrogen and oxygen atoms in total. The Balaban J connectivity index is -0.000000125. The van der Waals surface area contributed by atoms with Crippen molar-refractivity contribution in [3.8, 4) is 0 Å². The van der Waals surface area contributed by atoms with Crippen LogP contribution in [-0.2, 0) is 31.3 Å². The van der Waals surface area contributed by atoms with E-state index in [2.05, 4.69) is 0 Å². The maximum absolute atomic E-state index is 8.93. The molecule has 0 aliphatic heterocycles. The van der Waals surface area contributed by atoms with Gasteiger partial charge in [-0.25, -0.2) is 0 Å². The molecule has 0 saturated carbocycles. The molecule has 6 heteroatoms. The van der Waals surface area contributed by atoms with Crippen LogP contribution in [0.5, 0.6) is 0 Å². The first-order chi connectivity index (χ1) is 2.64. The number of carbonyl (C=O) groups excluding carboxylic acids is 2. The van der Waals surface area contributed by atoms with Crippen molar-refractivity contribution in [2.24, 2.45) is 0 Å². The Labute approximate surface area is 97.4 Å². The van der Waals surface area contributed by atoms with Gasteiger partial charge in [-0.1, -0.05) is 0 Å². The zero-order valence-electron chi connectivity index (χ0n) is 3.84. The third-order valence-electron chi connectivity index (χ3n) is 0.167. The van der Waals surface area contributed by atoms with Crippen LogP contribution in [0.2, 0.25) is 0 Å². The van der Waals surface area contributed by atoms with E-state index in [1.807, 2.05) is 0 Å². The second-order valence-corrected chi connectivity index (χ2v) is 0.575. The molecule has 0 aromatic heterocycles. The van der Waals surface area contributed by atoms with Crippen molar-refractivity contribution in [2.45, 2.75) is 0 Å². The van der Waals surface area contributed by atoms with Crippen molar-refractivity contribution >= 4 is 57.4 Å². The van der Waals surface area contributed by atoms with E-state index in [1.54, 1.807) is 0 Å². The number of hydrogen-bond donors (Lipinski definition) is 0. The fraction of sp³-hybridized carbons (Fsp3) is 0. The van der Waals surface area contributed by atoms with Gasteiger partial charge in [-0.05, 0) is 0 Å². The molecule has 0 bridgehead atoms. The molecule has 0 amide bonds. The molecule has 0 aliphatic carbocycles. The van der Waals surface area contributed by atoms with E-state index < -0.39 is 11.9 Å². The van der Waals surface area contributed by atoms with E-state index in [4.69, 9.17) is 19.8 Å². The van der Waals surface area contributed by atoms with Gasteiger partial charge >= 0.3 is 67.2 Å². The summed E-state index contributed by atoms with van der Waals surface area (Å²) in [5.74, 6) is -4.37. The average Bonchev–Trinajstić information content (AvgIpc) is 1.36. The Morgan fingerprint density at radius 1 is 1.00 bits per heavy atom. The molecule has 0 unspecified atom stereocenters. The quantitative estimate of drug-likeness (QED) is 0.311. The third kappa shape index (κ3) is 10.2. The molecular formula is C2O4SrTi+2. The number of carboxylic acids is 2. The summed E-state index contributed by atoms with van der Waals surface area (Å²) in [7, 11) is 0. The SMILES string of the molecule is O=C([O-])C(=O)[O-].[Sr+2].[Ti+2]. The van der Waals surface area contributed by atoms with Gasteiger partial charge in [0, 0.05) is 0 Å². The molecule has 36 valence electrons. The zero-order valence-corrected chi connectivity index (χ0v) is 8.88. The van der Waals surface area contributed by atoms with Gasteiger partial charge in [0.25, 0.3) is 0 Å². The summed E-state index contributed by atoms with van der Waals surface area (Å²) < 4.78 is 0. The van der Waals surface area contributed by atoms with E-state index in [-0.39, 0.29) is 67.2 Å². The predicted octanol–water partition coefficient (Wildman–Crippen LogP) is -3.90. The topological polar surface area (TPSA) is 80.3 Å². The summed E-state index contributed by atoms with van der Waals surface area (Å²) in [5.41, 5.74) is 0. The number of aliphatic carboxylic acids is 2. The van der Waals surface area contributed by atoms with Crippen LogP contribution in [0.3, 0.4) is 0 Å². The Kier molecular flexibility index (Phi) is 16.3. The van der Waals surface area contributed by atoms with E-state index >= 15 is 0 Å². The number of carbonyl (C=O) groups is 2. The fourth-order valence-electron chi connectivity index (χ4n) is 0. The van der Waals surface area contributed by atoms with Gasteiger partial charge in [0.1, 0.15) is 0 Å². The van der Waals surface area contributed by atoms with Gasteiger partial charge in [0.15, 0.2) is 0 Å². The standard InChI is InChI=1S/C2H2O4.Sr.Ti/c3-1(4)2(5)6;;/h(H,3,4)(H,5,6);;/q;2*+2/p-2. The monoisotopic (exact) mass is 224 g/mol. The summed E-state index contributed by atoms with van der Waals surface area (Å²) in [5, 5.41) is 17.9. The summed E-state index contributed by atoms with van der Waals surface area (Å²) in [6, 6.07) is 0. The second-order valence-electron chi connectivity index (χ2n) is 0.575. The van der Waals surface area contributed by atoms with Gasteiger partial charge in [-0.15, -0.1) is 0 Å². The van der Waals surface area contributed by atoms with Crippen molar-refractivity contribution in [2.75, 3.05) is 0 Å². The first-order valence-corrected chi connectivity index (χ1v) is 1.07. The van der Waals surface area contributed by atoms with Crippen LogP contribution in [0.1, 0.15) is 0 Å². The normalized spacial score (nSPS) is 5.50. The smallest absolute Gasteiger partial charge is 0.543 e. The first kappa shape index (κ1) is 16.1. The van der Waals surface area contributed by atoms with Gasteiger partial charge in [0.2, 0.25) is 0 Å². The molecule has 0 aromatic rings. The third-order valence-corrected chi connectivity index (χ3v) is 0.167. The molecule has 0 rings (SSSR count). The number of rotatable bonds is 0. The van der Waals surface area contributed by atoms with E-state index in [0.29, 0.717) is 0 Å². The Morgan fingerprint density at radius 3 is 1.12 bits per heavy atom. The molecule has 0 saturated heterocycles. The van der Waals surface area contributed by atoms with Crippen molar-refractivity contribution in [3.05, 3.63) is 0 Å². The minimum absolute atomic E-state index is 0. The molecule has 0 fully saturated rings. The molecule has 0 aromatic carbocycles. The molecule has 0 radical (unpaired) electrons. The second kappa shape index (κ2) is 8.13. The van der Waals surface area contributed by atoms with Gasteiger partial charge < -0.3 is 19.8 Å². The molecule has 0 aliphatic rings.